The van der Waals surface area contributed by atoms with Crippen LogP contribution in [0.25, 0.3) is 0 Å². The summed E-state index contributed by atoms with van der Waals surface area (Å²) in [5, 5.41) is 0. The molecule has 72 valence electrons. The molecule has 2 nitrogen and oxygen atoms in total. The molecular weight excluding hydrogens is 174 g/mol. The van der Waals surface area contributed by atoms with Crippen LogP contribution in [0.2, 0.25) is 0 Å². The first-order chi connectivity index (χ1) is 5.18. The van der Waals surface area contributed by atoms with Crippen molar-refractivity contribution in [1.82, 2.24) is 0 Å². The summed E-state index contributed by atoms with van der Waals surface area (Å²) in [5.41, 5.74) is 6.46. The lowest BCUT2D eigenvalue weighted by Gasteiger charge is -2.51. The molecule has 3 heteroatoms. The van der Waals surface area contributed by atoms with Gasteiger partial charge in [0.1, 0.15) is 0 Å². The summed E-state index contributed by atoms with van der Waals surface area (Å²) in [4.78, 5) is 0. The molecule has 3 saturated carbocycles. The van der Waals surface area contributed by atoms with E-state index in [-0.39, 0.29) is 23.5 Å². The number of hydrogen-bond donors (Lipinski definition) is 1. The Hall–Kier alpha value is 0.210. The molecule has 2 N–H and O–H groups in total. The van der Waals surface area contributed by atoms with Gasteiger partial charge in [0.15, 0.2) is 0 Å². The van der Waals surface area contributed by atoms with Crippen LogP contribution in [0.1, 0.15) is 38.5 Å². The lowest BCUT2D eigenvalue weighted by molar-refractivity contribution is -0.113. The van der Waals surface area contributed by atoms with Crippen LogP contribution in [0.3, 0.4) is 0 Å². The second kappa shape index (κ2) is 3.17. The van der Waals surface area contributed by atoms with Gasteiger partial charge in [-0.15, -0.1) is 12.4 Å². The summed E-state index contributed by atoms with van der Waals surface area (Å²) < 4.78 is 5.51. The van der Waals surface area contributed by atoms with Gasteiger partial charge in [-0.25, -0.2) is 0 Å². The predicted molar refractivity (Wildman–Crippen MR) is 51.6 cm³/mol. The van der Waals surface area contributed by atoms with E-state index in [1.165, 1.54) is 25.7 Å². The zero-order chi connectivity index (χ0) is 7.95. The molecule has 0 radical (unpaired) electrons. The van der Waals surface area contributed by atoms with Crippen molar-refractivity contribution in [2.24, 2.45) is 5.73 Å². The first kappa shape index (κ1) is 10.3. The zero-order valence-electron chi connectivity index (χ0n) is 7.64. The summed E-state index contributed by atoms with van der Waals surface area (Å²) in [6, 6.07) is 0. The number of halogens is 1. The van der Waals surface area contributed by atoms with Crippen molar-refractivity contribution in [3.8, 4) is 0 Å². The molecule has 3 rings (SSSR count). The maximum Gasteiger partial charge on any atom is 0.0713 e. The van der Waals surface area contributed by atoms with Crippen LogP contribution in [0, 0.1) is 0 Å². The molecule has 0 amide bonds. The topological polar surface area (TPSA) is 35.2 Å². The fraction of sp³-hybridized carbons (Fsp3) is 1.00. The minimum Gasteiger partial charge on any atom is -0.378 e. The van der Waals surface area contributed by atoms with Gasteiger partial charge in [0.2, 0.25) is 0 Å². The van der Waals surface area contributed by atoms with Crippen LogP contribution in [-0.2, 0) is 4.74 Å². The quantitative estimate of drug-likeness (QED) is 0.687. The molecule has 0 aromatic heterocycles. The van der Waals surface area contributed by atoms with Crippen molar-refractivity contribution in [2.45, 2.75) is 49.7 Å². The maximum atomic E-state index is 6.12. The highest BCUT2D eigenvalue weighted by Crippen LogP contribution is 2.50. The molecule has 0 atom stereocenters. The van der Waals surface area contributed by atoms with Gasteiger partial charge < -0.3 is 10.5 Å². The number of hydrogen-bond acceptors (Lipinski definition) is 2. The van der Waals surface area contributed by atoms with Crippen LogP contribution in [0.15, 0.2) is 0 Å². The van der Waals surface area contributed by atoms with E-state index in [9.17, 15) is 0 Å². The molecule has 0 aromatic carbocycles. The third-order valence-electron chi connectivity index (χ3n) is 3.34. The number of ether oxygens (including phenoxy) is 1. The van der Waals surface area contributed by atoms with Crippen molar-refractivity contribution in [3.63, 3.8) is 0 Å². The average Bonchev–Trinajstić information content (AvgIpc) is 2.16. The molecule has 0 aliphatic heterocycles. The van der Waals surface area contributed by atoms with Gasteiger partial charge in [-0.3, -0.25) is 0 Å². The molecular formula is C9H18ClNO. The van der Waals surface area contributed by atoms with E-state index in [4.69, 9.17) is 10.5 Å². The summed E-state index contributed by atoms with van der Waals surface area (Å²) in [5.74, 6) is 0. The van der Waals surface area contributed by atoms with Crippen LogP contribution in [0.4, 0.5) is 0 Å². The van der Waals surface area contributed by atoms with Crippen molar-refractivity contribution < 1.29 is 4.74 Å². The molecule has 2 bridgehead atoms. The van der Waals surface area contributed by atoms with Crippen LogP contribution in [-0.4, -0.2) is 18.2 Å². The zero-order valence-corrected chi connectivity index (χ0v) is 8.45. The van der Waals surface area contributed by atoms with Gasteiger partial charge in [0.05, 0.1) is 5.60 Å². The minimum atomic E-state index is 0. The smallest absolute Gasteiger partial charge is 0.0713 e. The molecule has 3 aliphatic carbocycles. The Bertz CT molecular complexity index is 166. The molecule has 12 heavy (non-hydrogen) atoms. The molecule has 0 aromatic rings. The van der Waals surface area contributed by atoms with Gasteiger partial charge >= 0.3 is 0 Å². The number of fused-ring (bicyclic) bond motifs is 3. The van der Waals surface area contributed by atoms with E-state index in [0.717, 1.165) is 12.8 Å². The van der Waals surface area contributed by atoms with E-state index < -0.39 is 0 Å². The van der Waals surface area contributed by atoms with E-state index in [2.05, 4.69) is 0 Å². The summed E-state index contributed by atoms with van der Waals surface area (Å²) in [6.07, 6.45) is 7.21. The molecule has 0 unspecified atom stereocenters. The van der Waals surface area contributed by atoms with Crippen molar-refractivity contribution in [3.05, 3.63) is 0 Å². The van der Waals surface area contributed by atoms with Crippen LogP contribution >= 0.6 is 12.4 Å². The summed E-state index contributed by atoms with van der Waals surface area (Å²) >= 11 is 0. The lowest BCUT2D eigenvalue weighted by Crippen LogP contribution is -2.61. The number of methoxy groups -OCH3 is 1. The first-order valence-electron chi connectivity index (χ1n) is 4.52. The van der Waals surface area contributed by atoms with Gasteiger partial charge in [0.25, 0.3) is 0 Å². The van der Waals surface area contributed by atoms with Crippen LogP contribution < -0.4 is 5.73 Å². The molecule has 3 fully saturated rings. The number of nitrogens with two attached hydrogens (primary N) is 1. The highest BCUT2D eigenvalue weighted by Gasteiger charge is 2.53. The Kier molecular flexibility index (Phi) is 2.72. The minimum absolute atomic E-state index is 0. The Morgan fingerprint density at radius 1 is 1.17 bits per heavy atom. The molecule has 0 spiro atoms. The second-order valence-electron chi connectivity index (χ2n) is 4.31. The molecule has 3 aliphatic rings. The average molecular weight is 192 g/mol. The predicted octanol–water partition coefficient (Wildman–Crippen LogP) is 1.86. The summed E-state index contributed by atoms with van der Waals surface area (Å²) in [6.45, 7) is 0. The third kappa shape index (κ3) is 1.48. The summed E-state index contributed by atoms with van der Waals surface area (Å²) in [7, 11) is 1.82. The maximum absolute atomic E-state index is 6.12. The van der Waals surface area contributed by atoms with E-state index in [0.29, 0.717) is 0 Å². The monoisotopic (exact) mass is 191 g/mol. The highest BCUT2D eigenvalue weighted by atomic mass is 35.5. The second-order valence-corrected chi connectivity index (χ2v) is 4.31. The van der Waals surface area contributed by atoms with Crippen molar-refractivity contribution >= 4 is 12.4 Å². The Morgan fingerprint density at radius 3 is 2.33 bits per heavy atom. The van der Waals surface area contributed by atoms with Crippen molar-refractivity contribution in [2.75, 3.05) is 7.11 Å². The van der Waals surface area contributed by atoms with E-state index in [1.807, 2.05) is 7.11 Å². The largest absolute Gasteiger partial charge is 0.378 e. The molecule has 0 heterocycles. The standard InChI is InChI=1S/C9H17NO.ClH/c1-11-9-5-3-2-4-8(10,6-9)7-9;/h2-7,10H2,1H3;1H. The normalized spacial score (nSPS) is 45.5. The highest BCUT2D eigenvalue weighted by molar-refractivity contribution is 5.85. The Labute approximate surface area is 80.3 Å². The SMILES string of the molecule is COC12CCCCC(N)(C1)C2.Cl. The lowest BCUT2D eigenvalue weighted by atomic mass is 9.64. The van der Waals surface area contributed by atoms with Gasteiger partial charge in [-0.2, -0.15) is 0 Å². The third-order valence-corrected chi connectivity index (χ3v) is 3.34. The number of rotatable bonds is 1. The fourth-order valence-electron chi connectivity index (χ4n) is 2.76. The van der Waals surface area contributed by atoms with E-state index >= 15 is 0 Å². The Balaban J connectivity index is 0.000000720. The molecule has 0 saturated heterocycles. The van der Waals surface area contributed by atoms with Gasteiger partial charge in [-0.05, 0) is 25.7 Å². The Morgan fingerprint density at radius 2 is 1.75 bits per heavy atom. The fourth-order valence-corrected chi connectivity index (χ4v) is 2.76. The van der Waals surface area contributed by atoms with Crippen molar-refractivity contribution in [1.29, 1.82) is 0 Å². The van der Waals surface area contributed by atoms with Crippen LogP contribution in [0.5, 0.6) is 0 Å². The first-order valence-corrected chi connectivity index (χ1v) is 4.52. The van der Waals surface area contributed by atoms with E-state index in [1.54, 1.807) is 0 Å². The van der Waals surface area contributed by atoms with Gasteiger partial charge in [-0.1, -0.05) is 12.8 Å². The van der Waals surface area contributed by atoms with Gasteiger partial charge in [0, 0.05) is 12.6 Å².